The highest BCUT2D eigenvalue weighted by Crippen LogP contribution is 2.30. The second-order valence-corrected chi connectivity index (χ2v) is 4.92. The summed E-state index contributed by atoms with van der Waals surface area (Å²) in [4.78, 5) is 10.9. The Kier molecular flexibility index (Phi) is 2.72. The maximum atomic E-state index is 10.9. The molecule has 1 fully saturated rings. The minimum Gasteiger partial charge on any atom is -0.481 e. The van der Waals surface area contributed by atoms with Crippen LogP contribution in [0.1, 0.15) is 18.0 Å². The zero-order valence-corrected chi connectivity index (χ0v) is 10.2. The van der Waals surface area contributed by atoms with Gasteiger partial charge in [0.15, 0.2) is 0 Å². The zero-order valence-electron chi connectivity index (χ0n) is 9.48. The van der Waals surface area contributed by atoms with E-state index < -0.39 is 5.97 Å². The second kappa shape index (κ2) is 4.26. The van der Waals surface area contributed by atoms with E-state index in [2.05, 4.69) is 15.5 Å². The van der Waals surface area contributed by atoms with Crippen LogP contribution >= 0.6 is 11.6 Å². The van der Waals surface area contributed by atoms with Crippen molar-refractivity contribution < 1.29 is 9.90 Å². The molecule has 1 aromatic carbocycles. The molecule has 3 rings (SSSR count). The van der Waals surface area contributed by atoms with Crippen LogP contribution in [0.4, 0.5) is 0 Å². The number of aromatic amines is 1. The van der Waals surface area contributed by atoms with E-state index in [-0.39, 0.29) is 12.0 Å². The summed E-state index contributed by atoms with van der Waals surface area (Å²) in [5, 5.41) is 20.4. The number of halogens is 1. The number of benzene rings is 1. The molecule has 0 aliphatic carbocycles. The third-order valence-electron chi connectivity index (χ3n) is 3.41. The van der Waals surface area contributed by atoms with Crippen molar-refractivity contribution in [2.45, 2.75) is 12.5 Å². The van der Waals surface area contributed by atoms with Crippen LogP contribution in [-0.2, 0) is 4.79 Å². The number of nitrogens with one attached hydrogen (secondary N) is 2. The number of carboxylic acid groups (broad SMARTS) is 1. The molecule has 1 aliphatic rings. The number of aromatic nitrogens is 2. The van der Waals surface area contributed by atoms with Crippen LogP contribution in [0.2, 0.25) is 5.15 Å². The summed E-state index contributed by atoms with van der Waals surface area (Å²) < 4.78 is 0. The predicted octanol–water partition coefficient (Wildman–Crippen LogP) is 1.95. The summed E-state index contributed by atoms with van der Waals surface area (Å²) in [5.41, 5.74) is 1.87. The topological polar surface area (TPSA) is 78.0 Å². The van der Waals surface area contributed by atoms with Gasteiger partial charge in [0.05, 0.1) is 11.4 Å². The van der Waals surface area contributed by atoms with Crippen LogP contribution in [-0.4, -0.2) is 27.8 Å². The maximum Gasteiger partial charge on any atom is 0.307 e. The Morgan fingerprint density at radius 3 is 3.06 bits per heavy atom. The summed E-state index contributed by atoms with van der Waals surface area (Å²) in [5.74, 6) is -1.06. The van der Waals surface area contributed by atoms with Crippen molar-refractivity contribution in [2.75, 3.05) is 6.54 Å². The quantitative estimate of drug-likeness (QED) is 0.776. The van der Waals surface area contributed by atoms with Crippen LogP contribution in [0.3, 0.4) is 0 Å². The molecule has 1 saturated heterocycles. The molecule has 0 radical (unpaired) electrons. The number of carbonyl (C=O) groups is 1. The highest BCUT2D eigenvalue weighted by atomic mass is 35.5. The van der Waals surface area contributed by atoms with E-state index in [1.165, 1.54) is 0 Å². The Morgan fingerprint density at radius 1 is 1.50 bits per heavy atom. The van der Waals surface area contributed by atoms with Gasteiger partial charge in [0.2, 0.25) is 0 Å². The highest BCUT2D eigenvalue weighted by Gasteiger charge is 2.30. The third kappa shape index (κ3) is 1.85. The lowest BCUT2D eigenvalue weighted by Crippen LogP contribution is -2.17. The van der Waals surface area contributed by atoms with Crippen LogP contribution in [0.25, 0.3) is 10.9 Å². The Labute approximate surface area is 108 Å². The molecule has 2 aromatic rings. The summed E-state index contributed by atoms with van der Waals surface area (Å²) in [6, 6.07) is 5.88. The molecule has 3 N–H and O–H groups in total. The first-order valence-corrected chi connectivity index (χ1v) is 6.12. The lowest BCUT2D eigenvalue weighted by molar-refractivity contribution is -0.141. The number of H-pyrrole nitrogens is 1. The largest absolute Gasteiger partial charge is 0.481 e. The van der Waals surface area contributed by atoms with Gasteiger partial charge >= 0.3 is 5.97 Å². The third-order valence-corrected chi connectivity index (χ3v) is 3.70. The molecule has 1 aromatic heterocycles. The number of nitrogens with zero attached hydrogens (tertiary/aromatic N) is 1. The smallest absolute Gasteiger partial charge is 0.307 e. The summed E-state index contributed by atoms with van der Waals surface area (Å²) >= 11 is 6.00. The highest BCUT2D eigenvalue weighted by molar-refractivity contribution is 6.34. The molecule has 18 heavy (non-hydrogen) atoms. The van der Waals surface area contributed by atoms with Gasteiger partial charge in [-0.1, -0.05) is 17.7 Å². The Hall–Kier alpha value is -1.59. The van der Waals surface area contributed by atoms with E-state index in [4.69, 9.17) is 16.7 Å². The predicted molar refractivity (Wildman–Crippen MR) is 67.6 cm³/mol. The number of hydrogen-bond acceptors (Lipinski definition) is 3. The first kappa shape index (κ1) is 11.5. The van der Waals surface area contributed by atoms with Crippen LogP contribution in [0.5, 0.6) is 0 Å². The van der Waals surface area contributed by atoms with Gasteiger partial charge in [-0.15, -0.1) is 0 Å². The lowest BCUT2D eigenvalue weighted by Gasteiger charge is -2.10. The molecule has 5 nitrogen and oxygen atoms in total. The number of carboxylic acids is 1. The van der Waals surface area contributed by atoms with Crippen LogP contribution in [0.15, 0.2) is 18.2 Å². The first-order valence-electron chi connectivity index (χ1n) is 5.75. The fourth-order valence-electron chi connectivity index (χ4n) is 2.39. The molecule has 0 amide bonds. The van der Waals surface area contributed by atoms with Crippen LogP contribution < -0.4 is 5.32 Å². The van der Waals surface area contributed by atoms with Crippen molar-refractivity contribution in [1.82, 2.24) is 15.5 Å². The van der Waals surface area contributed by atoms with Crippen molar-refractivity contribution in [3.05, 3.63) is 28.9 Å². The van der Waals surface area contributed by atoms with E-state index in [9.17, 15) is 4.79 Å². The summed E-state index contributed by atoms with van der Waals surface area (Å²) in [7, 11) is 0. The van der Waals surface area contributed by atoms with Gasteiger partial charge < -0.3 is 10.4 Å². The van der Waals surface area contributed by atoms with Gasteiger partial charge in [-0.3, -0.25) is 9.89 Å². The van der Waals surface area contributed by atoms with E-state index >= 15 is 0 Å². The summed E-state index contributed by atoms with van der Waals surface area (Å²) in [6.07, 6.45) is 0.607. The fraction of sp³-hybridized carbons (Fsp3) is 0.333. The molecule has 94 valence electrons. The Balaban J connectivity index is 1.91. The van der Waals surface area contributed by atoms with Gasteiger partial charge in [0, 0.05) is 18.0 Å². The van der Waals surface area contributed by atoms with Crippen molar-refractivity contribution in [2.24, 2.45) is 5.92 Å². The zero-order chi connectivity index (χ0) is 12.7. The molecule has 0 bridgehead atoms. The summed E-state index contributed by atoms with van der Waals surface area (Å²) in [6.45, 7) is 0.511. The molecule has 0 saturated carbocycles. The second-order valence-electron chi connectivity index (χ2n) is 4.55. The first-order chi connectivity index (χ1) is 8.65. The number of fused-ring (bicyclic) bond motifs is 1. The number of hydrogen-bond donors (Lipinski definition) is 3. The average Bonchev–Trinajstić information content (AvgIpc) is 2.96. The van der Waals surface area contributed by atoms with E-state index in [1.807, 2.05) is 18.2 Å². The minimum atomic E-state index is -0.743. The number of aliphatic carboxylic acids is 1. The average molecular weight is 266 g/mol. The maximum absolute atomic E-state index is 10.9. The van der Waals surface area contributed by atoms with E-state index in [0.717, 1.165) is 16.5 Å². The molecule has 2 heterocycles. The fourth-order valence-corrected chi connectivity index (χ4v) is 2.58. The van der Waals surface area contributed by atoms with Crippen molar-refractivity contribution >= 4 is 28.5 Å². The molecule has 6 heteroatoms. The Morgan fingerprint density at radius 2 is 2.33 bits per heavy atom. The van der Waals surface area contributed by atoms with E-state index in [0.29, 0.717) is 18.1 Å². The SMILES string of the molecule is O=C(O)C1CNC(c2ccc3n[nH]c(Cl)c3c2)C1. The van der Waals surface area contributed by atoms with Gasteiger partial charge in [0.25, 0.3) is 0 Å². The van der Waals surface area contributed by atoms with Crippen LogP contribution in [0, 0.1) is 5.92 Å². The van der Waals surface area contributed by atoms with Gasteiger partial charge in [-0.05, 0) is 24.1 Å². The molecular formula is C12H12ClN3O2. The monoisotopic (exact) mass is 265 g/mol. The molecule has 1 aliphatic heterocycles. The van der Waals surface area contributed by atoms with E-state index in [1.54, 1.807) is 0 Å². The normalized spacial score (nSPS) is 23.6. The standard InChI is InChI=1S/C12H12ClN3O2/c13-11-8-3-6(1-2-9(8)15-16-11)10-4-7(5-14-10)12(17)18/h1-3,7,10,14H,4-5H2,(H,15,16)(H,17,18). The lowest BCUT2D eigenvalue weighted by atomic mass is 9.99. The molecular weight excluding hydrogens is 254 g/mol. The van der Waals surface area contributed by atoms with Gasteiger partial charge in [-0.2, -0.15) is 5.10 Å². The molecule has 2 unspecified atom stereocenters. The van der Waals surface area contributed by atoms with Gasteiger partial charge in [-0.25, -0.2) is 0 Å². The minimum absolute atomic E-state index is 0.0708. The molecule has 0 spiro atoms. The molecule has 2 atom stereocenters. The van der Waals surface area contributed by atoms with Crippen molar-refractivity contribution in [1.29, 1.82) is 0 Å². The number of rotatable bonds is 2. The van der Waals surface area contributed by atoms with Crippen molar-refractivity contribution in [3.8, 4) is 0 Å². The van der Waals surface area contributed by atoms with Gasteiger partial charge in [0.1, 0.15) is 5.15 Å². The van der Waals surface area contributed by atoms with Crippen molar-refractivity contribution in [3.63, 3.8) is 0 Å². The Bertz CT molecular complexity index is 610.